The van der Waals surface area contributed by atoms with Crippen LogP contribution < -0.4 is 19.7 Å². The van der Waals surface area contributed by atoms with Crippen molar-refractivity contribution in [1.82, 2.24) is 14.8 Å². The van der Waals surface area contributed by atoms with Crippen LogP contribution in [0.2, 0.25) is 0 Å². The molecule has 2 aromatic carbocycles. The quantitative estimate of drug-likeness (QED) is 0.419. The lowest BCUT2D eigenvalue weighted by Crippen LogP contribution is -2.29. The molecule has 5 rings (SSSR count). The largest absolute Gasteiger partial charge is 0.497 e. The number of methoxy groups -OCH3 is 2. The van der Waals surface area contributed by atoms with Crippen LogP contribution in [-0.4, -0.2) is 48.0 Å². The van der Waals surface area contributed by atoms with E-state index >= 15 is 0 Å². The van der Waals surface area contributed by atoms with Crippen LogP contribution in [0.4, 0.5) is 11.4 Å². The van der Waals surface area contributed by atoms with Gasteiger partial charge in [0.25, 0.3) is 5.91 Å². The van der Waals surface area contributed by atoms with Gasteiger partial charge >= 0.3 is 0 Å². The van der Waals surface area contributed by atoms with Gasteiger partial charge in [-0.2, -0.15) is 5.10 Å². The standard InChI is InChI=1S/C27H29N5O3/c1-34-24-11-6-19(25(15-24)35-2)18-32-26-20(17-29-32)14-21(16-28-26)27(33)30-22-7-9-23(10-8-22)31-12-4-3-5-13-31/h6-11,14-17H,3-5,12-13,18H2,1-2H3,(H,30,33). The van der Waals surface area contributed by atoms with Crippen molar-refractivity contribution < 1.29 is 14.3 Å². The summed E-state index contributed by atoms with van der Waals surface area (Å²) >= 11 is 0. The Labute approximate surface area is 204 Å². The van der Waals surface area contributed by atoms with Gasteiger partial charge in [-0.3, -0.25) is 4.79 Å². The fraction of sp³-hybridized carbons (Fsp3) is 0.296. The third kappa shape index (κ3) is 4.91. The summed E-state index contributed by atoms with van der Waals surface area (Å²) in [6, 6.07) is 15.5. The molecule has 180 valence electrons. The highest BCUT2D eigenvalue weighted by atomic mass is 16.5. The van der Waals surface area contributed by atoms with Crippen molar-refractivity contribution in [3.05, 3.63) is 72.1 Å². The number of benzene rings is 2. The molecule has 1 N–H and O–H groups in total. The van der Waals surface area contributed by atoms with E-state index in [0.29, 0.717) is 17.8 Å². The number of fused-ring (bicyclic) bond motifs is 1. The Morgan fingerprint density at radius 2 is 1.77 bits per heavy atom. The number of hydrogen-bond donors (Lipinski definition) is 1. The van der Waals surface area contributed by atoms with Crippen molar-refractivity contribution >= 4 is 28.3 Å². The van der Waals surface area contributed by atoms with E-state index in [1.54, 1.807) is 31.3 Å². The predicted molar refractivity (Wildman–Crippen MR) is 137 cm³/mol. The van der Waals surface area contributed by atoms with Gasteiger partial charge < -0.3 is 19.7 Å². The summed E-state index contributed by atoms with van der Waals surface area (Å²) in [6.07, 6.45) is 7.08. The van der Waals surface area contributed by atoms with Crippen molar-refractivity contribution in [2.45, 2.75) is 25.8 Å². The highest BCUT2D eigenvalue weighted by Gasteiger charge is 2.14. The van der Waals surface area contributed by atoms with E-state index in [4.69, 9.17) is 9.47 Å². The predicted octanol–water partition coefficient (Wildman–Crippen LogP) is 4.74. The summed E-state index contributed by atoms with van der Waals surface area (Å²) in [6.45, 7) is 2.67. The van der Waals surface area contributed by atoms with Crippen LogP contribution in [0, 0.1) is 0 Å². The highest BCUT2D eigenvalue weighted by Crippen LogP contribution is 2.26. The second-order valence-corrected chi connectivity index (χ2v) is 8.67. The minimum Gasteiger partial charge on any atom is -0.497 e. The van der Waals surface area contributed by atoms with Crippen LogP contribution in [0.1, 0.15) is 35.2 Å². The lowest BCUT2D eigenvalue weighted by atomic mass is 10.1. The second kappa shape index (κ2) is 10.0. The Bertz CT molecular complexity index is 1330. The molecule has 8 nitrogen and oxygen atoms in total. The molecular formula is C27H29N5O3. The fourth-order valence-electron chi connectivity index (χ4n) is 4.47. The van der Waals surface area contributed by atoms with E-state index in [-0.39, 0.29) is 5.91 Å². The molecule has 1 aliphatic heterocycles. The number of piperidine rings is 1. The molecule has 1 fully saturated rings. The van der Waals surface area contributed by atoms with Crippen LogP contribution >= 0.6 is 0 Å². The number of nitrogens with zero attached hydrogens (tertiary/aromatic N) is 4. The summed E-state index contributed by atoms with van der Waals surface area (Å²) in [5.74, 6) is 1.25. The molecule has 3 heterocycles. The van der Waals surface area contributed by atoms with Crippen molar-refractivity contribution in [1.29, 1.82) is 0 Å². The zero-order chi connectivity index (χ0) is 24.2. The molecule has 4 aromatic rings. The van der Waals surface area contributed by atoms with Gasteiger partial charge in [0, 0.05) is 47.7 Å². The molecule has 1 amide bonds. The number of nitrogens with one attached hydrogen (secondary N) is 1. The fourth-order valence-corrected chi connectivity index (χ4v) is 4.47. The Balaban J connectivity index is 1.29. The summed E-state index contributed by atoms with van der Waals surface area (Å²) < 4.78 is 12.6. The topological polar surface area (TPSA) is 81.5 Å². The average Bonchev–Trinajstić information content (AvgIpc) is 3.31. The molecule has 0 aliphatic carbocycles. The average molecular weight is 472 g/mol. The van der Waals surface area contributed by atoms with Crippen LogP contribution in [0.15, 0.2) is 60.9 Å². The number of aromatic nitrogens is 3. The molecule has 1 aliphatic rings. The van der Waals surface area contributed by atoms with Gasteiger partial charge in [0.2, 0.25) is 0 Å². The molecule has 0 bridgehead atoms. The van der Waals surface area contributed by atoms with E-state index in [2.05, 4.69) is 32.4 Å². The van der Waals surface area contributed by atoms with Crippen LogP contribution in [0.5, 0.6) is 11.5 Å². The first-order valence-electron chi connectivity index (χ1n) is 11.8. The third-order valence-electron chi connectivity index (χ3n) is 6.40. The summed E-state index contributed by atoms with van der Waals surface area (Å²) in [5, 5.41) is 8.25. The molecule has 35 heavy (non-hydrogen) atoms. The minimum atomic E-state index is -0.199. The zero-order valence-corrected chi connectivity index (χ0v) is 20.0. The molecular weight excluding hydrogens is 442 g/mol. The van der Waals surface area contributed by atoms with Gasteiger partial charge in [0.05, 0.1) is 32.5 Å². The van der Waals surface area contributed by atoms with Gasteiger partial charge in [-0.25, -0.2) is 9.67 Å². The Hall–Kier alpha value is -4.07. The van der Waals surface area contributed by atoms with Crippen LogP contribution in [-0.2, 0) is 6.54 Å². The Morgan fingerprint density at radius 1 is 0.971 bits per heavy atom. The number of anilines is 2. The maximum absolute atomic E-state index is 12.9. The number of rotatable bonds is 7. The lowest BCUT2D eigenvalue weighted by molar-refractivity contribution is 0.102. The maximum Gasteiger partial charge on any atom is 0.257 e. The van der Waals surface area contributed by atoms with Crippen LogP contribution in [0.25, 0.3) is 11.0 Å². The second-order valence-electron chi connectivity index (χ2n) is 8.67. The monoisotopic (exact) mass is 471 g/mol. The minimum absolute atomic E-state index is 0.199. The number of pyridine rings is 1. The van der Waals surface area contributed by atoms with E-state index in [1.807, 2.05) is 36.4 Å². The molecule has 0 saturated carbocycles. The molecule has 0 unspecified atom stereocenters. The number of ether oxygens (including phenoxy) is 2. The number of carbonyl (C=O) groups excluding carboxylic acids is 1. The number of carbonyl (C=O) groups is 1. The Morgan fingerprint density at radius 3 is 2.51 bits per heavy atom. The first-order chi connectivity index (χ1) is 17.1. The van der Waals surface area contributed by atoms with Crippen LogP contribution in [0.3, 0.4) is 0 Å². The molecule has 8 heteroatoms. The SMILES string of the molecule is COc1ccc(Cn2ncc3cc(C(=O)Nc4ccc(N5CCCCC5)cc4)cnc32)c(OC)c1. The smallest absolute Gasteiger partial charge is 0.257 e. The first kappa shape index (κ1) is 22.7. The van der Waals surface area contributed by atoms with Gasteiger partial charge in [-0.15, -0.1) is 0 Å². The normalized spacial score (nSPS) is 13.6. The van der Waals surface area contributed by atoms with Gasteiger partial charge in [0.1, 0.15) is 11.5 Å². The van der Waals surface area contributed by atoms with Crippen molar-refractivity contribution in [3.63, 3.8) is 0 Å². The molecule has 2 aromatic heterocycles. The van der Waals surface area contributed by atoms with Crippen molar-refractivity contribution in [3.8, 4) is 11.5 Å². The van der Waals surface area contributed by atoms with Crippen molar-refractivity contribution in [2.75, 3.05) is 37.5 Å². The number of amides is 1. The maximum atomic E-state index is 12.9. The molecule has 0 spiro atoms. The lowest BCUT2D eigenvalue weighted by Gasteiger charge is -2.28. The molecule has 0 atom stereocenters. The van der Waals surface area contributed by atoms with Gasteiger partial charge in [-0.1, -0.05) is 0 Å². The summed E-state index contributed by atoms with van der Waals surface area (Å²) in [4.78, 5) is 19.8. The van der Waals surface area contributed by atoms with Gasteiger partial charge in [0.15, 0.2) is 5.65 Å². The van der Waals surface area contributed by atoms with Gasteiger partial charge in [-0.05, 0) is 61.7 Å². The van der Waals surface area contributed by atoms with E-state index in [0.717, 1.165) is 41.2 Å². The zero-order valence-electron chi connectivity index (χ0n) is 20.0. The first-order valence-corrected chi connectivity index (χ1v) is 11.8. The van der Waals surface area contributed by atoms with E-state index in [1.165, 1.54) is 24.9 Å². The Kier molecular flexibility index (Phi) is 6.52. The van der Waals surface area contributed by atoms with E-state index in [9.17, 15) is 4.79 Å². The highest BCUT2D eigenvalue weighted by molar-refractivity contribution is 6.05. The molecule has 0 radical (unpaired) electrons. The summed E-state index contributed by atoms with van der Waals surface area (Å²) in [7, 11) is 3.25. The molecule has 1 saturated heterocycles. The third-order valence-corrected chi connectivity index (χ3v) is 6.40. The van der Waals surface area contributed by atoms with Crippen molar-refractivity contribution in [2.24, 2.45) is 0 Å². The number of hydrogen-bond acceptors (Lipinski definition) is 6. The van der Waals surface area contributed by atoms with E-state index < -0.39 is 0 Å². The summed E-state index contributed by atoms with van der Waals surface area (Å²) in [5.41, 5.74) is 4.10.